The van der Waals surface area contributed by atoms with Crippen molar-refractivity contribution < 1.29 is 14.3 Å². The Kier molecular flexibility index (Phi) is 7.25. The SMILES string of the molecule is O=C(NC1CC1)c1ccc(Oc2ccc(CN3CCC(N4C(=S)OCC4c4ccccc4)CC3)cn2)cc1. The number of nitrogens with one attached hydrogen (secondary N) is 1. The molecule has 1 saturated carbocycles. The average Bonchev–Trinajstić information content (AvgIpc) is 3.69. The molecule has 2 aromatic carbocycles. The van der Waals surface area contributed by atoms with E-state index >= 15 is 0 Å². The number of piperidine rings is 1. The summed E-state index contributed by atoms with van der Waals surface area (Å²) in [5.41, 5.74) is 3.06. The standard InChI is InChI=1S/C30H32N4O3S/c35-29(32-24-9-10-24)23-7-11-26(12-8-23)37-28-13-6-21(18-31-28)19-33-16-14-25(15-17-33)34-27(20-36-30(34)38)22-4-2-1-3-5-22/h1-8,11-13,18,24-25,27H,9-10,14-17,19-20H2,(H,32,35). The van der Waals surface area contributed by atoms with Gasteiger partial charge < -0.3 is 19.7 Å². The van der Waals surface area contributed by atoms with Crippen molar-refractivity contribution in [2.24, 2.45) is 0 Å². The average molecular weight is 529 g/mol. The number of hydrogen-bond acceptors (Lipinski definition) is 6. The van der Waals surface area contributed by atoms with Gasteiger partial charge in [-0.1, -0.05) is 36.4 Å². The van der Waals surface area contributed by atoms with E-state index in [0.29, 0.717) is 41.1 Å². The van der Waals surface area contributed by atoms with E-state index in [9.17, 15) is 4.79 Å². The van der Waals surface area contributed by atoms with Crippen LogP contribution in [0, 0.1) is 0 Å². The minimum Gasteiger partial charge on any atom is -0.468 e. The molecule has 0 spiro atoms. The Bertz CT molecular complexity index is 1260. The molecule has 1 N–H and O–H groups in total. The molecule has 1 aliphatic carbocycles. The molecular weight excluding hydrogens is 496 g/mol. The normalized spacial score (nSPS) is 20.3. The molecule has 3 aromatic rings. The summed E-state index contributed by atoms with van der Waals surface area (Å²) in [6.45, 7) is 3.49. The number of ether oxygens (including phenoxy) is 2. The van der Waals surface area contributed by atoms with Crippen LogP contribution in [0.3, 0.4) is 0 Å². The number of aromatic nitrogens is 1. The minimum atomic E-state index is -0.0296. The highest BCUT2D eigenvalue weighted by Crippen LogP contribution is 2.33. The second-order valence-corrected chi connectivity index (χ2v) is 10.6. The molecule has 0 bridgehead atoms. The van der Waals surface area contributed by atoms with Crippen LogP contribution in [0.4, 0.5) is 0 Å². The van der Waals surface area contributed by atoms with Crippen LogP contribution in [0.2, 0.25) is 0 Å². The third-order valence-electron chi connectivity index (χ3n) is 7.50. The summed E-state index contributed by atoms with van der Waals surface area (Å²) >= 11 is 5.58. The Hall–Kier alpha value is -3.49. The Labute approximate surface area is 228 Å². The first-order chi connectivity index (χ1) is 18.6. The Morgan fingerprint density at radius 2 is 1.76 bits per heavy atom. The van der Waals surface area contributed by atoms with E-state index in [-0.39, 0.29) is 11.9 Å². The van der Waals surface area contributed by atoms with Gasteiger partial charge in [-0.3, -0.25) is 9.69 Å². The highest BCUT2D eigenvalue weighted by atomic mass is 32.1. The number of hydrogen-bond donors (Lipinski definition) is 1. The van der Waals surface area contributed by atoms with Gasteiger partial charge in [0.15, 0.2) is 0 Å². The summed E-state index contributed by atoms with van der Waals surface area (Å²) in [6.07, 6.45) is 6.13. The minimum absolute atomic E-state index is 0.0296. The molecule has 38 heavy (non-hydrogen) atoms. The monoisotopic (exact) mass is 528 g/mol. The Morgan fingerprint density at radius 1 is 1.00 bits per heavy atom. The number of benzene rings is 2. The molecule has 1 amide bonds. The quantitative estimate of drug-likeness (QED) is 0.409. The lowest BCUT2D eigenvalue weighted by Gasteiger charge is -2.39. The molecule has 3 aliphatic rings. The summed E-state index contributed by atoms with van der Waals surface area (Å²) in [5, 5.41) is 3.63. The molecule has 2 aliphatic heterocycles. The van der Waals surface area contributed by atoms with Crippen LogP contribution in [0.25, 0.3) is 0 Å². The van der Waals surface area contributed by atoms with E-state index in [0.717, 1.165) is 50.9 Å². The van der Waals surface area contributed by atoms with Crippen LogP contribution in [0.15, 0.2) is 72.9 Å². The van der Waals surface area contributed by atoms with Gasteiger partial charge in [-0.05, 0) is 73.3 Å². The zero-order chi connectivity index (χ0) is 25.9. The van der Waals surface area contributed by atoms with Crippen molar-refractivity contribution in [2.75, 3.05) is 19.7 Å². The summed E-state index contributed by atoms with van der Waals surface area (Å²) < 4.78 is 11.7. The number of rotatable bonds is 8. The number of likely N-dealkylation sites (tertiary alicyclic amines) is 1. The Morgan fingerprint density at radius 3 is 2.45 bits per heavy atom. The zero-order valence-electron chi connectivity index (χ0n) is 21.3. The summed E-state index contributed by atoms with van der Waals surface area (Å²) in [5.74, 6) is 1.17. The fourth-order valence-corrected chi connectivity index (χ4v) is 5.58. The molecule has 2 saturated heterocycles. The molecule has 1 unspecified atom stereocenters. The van der Waals surface area contributed by atoms with E-state index in [1.165, 1.54) is 5.56 Å². The van der Waals surface area contributed by atoms with Gasteiger partial charge in [0.2, 0.25) is 5.88 Å². The predicted molar refractivity (Wildman–Crippen MR) is 149 cm³/mol. The molecule has 196 valence electrons. The van der Waals surface area contributed by atoms with Crippen molar-refractivity contribution in [3.8, 4) is 11.6 Å². The lowest BCUT2D eigenvalue weighted by Crippen LogP contribution is -2.45. The maximum atomic E-state index is 12.2. The van der Waals surface area contributed by atoms with Gasteiger partial charge in [0.05, 0.1) is 6.04 Å². The second kappa shape index (κ2) is 11.1. The molecule has 1 atom stereocenters. The van der Waals surface area contributed by atoms with Crippen LogP contribution >= 0.6 is 12.2 Å². The van der Waals surface area contributed by atoms with Crippen LogP contribution in [-0.2, 0) is 11.3 Å². The number of nitrogens with zero attached hydrogens (tertiary/aromatic N) is 3. The second-order valence-electron chi connectivity index (χ2n) is 10.3. The van der Waals surface area contributed by atoms with Crippen molar-refractivity contribution >= 4 is 23.3 Å². The maximum Gasteiger partial charge on any atom is 0.260 e. The lowest BCUT2D eigenvalue weighted by molar-refractivity contribution is 0.0951. The van der Waals surface area contributed by atoms with Crippen LogP contribution in [-0.4, -0.2) is 57.6 Å². The number of carbonyl (C=O) groups excluding carboxylic acids is 1. The Balaban J connectivity index is 0.995. The zero-order valence-corrected chi connectivity index (χ0v) is 22.1. The van der Waals surface area contributed by atoms with Crippen LogP contribution in [0.5, 0.6) is 11.6 Å². The number of pyridine rings is 1. The molecule has 0 radical (unpaired) electrons. The third-order valence-corrected chi connectivity index (χ3v) is 7.83. The van der Waals surface area contributed by atoms with Crippen LogP contribution < -0.4 is 10.1 Å². The molecule has 1 aromatic heterocycles. The van der Waals surface area contributed by atoms with Gasteiger partial charge >= 0.3 is 0 Å². The van der Waals surface area contributed by atoms with Gasteiger partial charge in [0, 0.05) is 49.5 Å². The highest BCUT2D eigenvalue weighted by molar-refractivity contribution is 7.80. The van der Waals surface area contributed by atoms with Gasteiger partial charge in [0.25, 0.3) is 11.1 Å². The van der Waals surface area contributed by atoms with E-state index in [2.05, 4.69) is 50.4 Å². The molecule has 3 heterocycles. The first kappa shape index (κ1) is 24.8. The lowest BCUT2D eigenvalue weighted by atomic mass is 9.99. The van der Waals surface area contributed by atoms with Crippen molar-refractivity contribution in [2.45, 2.75) is 50.4 Å². The van der Waals surface area contributed by atoms with Gasteiger partial charge in [-0.2, -0.15) is 0 Å². The highest BCUT2D eigenvalue weighted by Gasteiger charge is 2.37. The molecule has 8 heteroatoms. The summed E-state index contributed by atoms with van der Waals surface area (Å²) in [4.78, 5) is 21.5. The number of thiocarbonyl (C=S) groups is 1. The number of carbonyl (C=O) groups is 1. The van der Waals surface area contributed by atoms with Crippen molar-refractivity contribution in [1.82, 2.24) is 20.1 Å². The first-order valence-electron chi connectivity index (χ1n) is 13.4. The van der Waals surface area contributed by atoms with Gasteiger partial charge in [-0.25, -0.2) is 4.98 Å². The van der Waals surface area contributed by atoms with Gasteiger partial charge in [0.1, 0.15) is 12.4 Å². The topological polar surface area (TPSA) is 66.9 Å². The fraction of sp³-hybridized carbons (Fsp3) is 0.367. The molecular formula is C30H32N4O3S. The van der Waals surface area contributed by atoms with Crippen LogP contribution in [0.1, 0.15) is 53.2 Å². The van der Waals surface area contributed by atoms with Crippen molar-refractivity contribution in [1.29, 1.82) is 0 Å². The van der Waals surface area contributed by atoms with E-state index in [1.807, 2.05) is 18.3 Å². The molecule has 7 nitrogen and oxygen atoms in total. The number of amides is 1. The van der Waals surface area contributed by atoms with E-state index < -0.39 is 0 Å². The van der Waals surface area contributed by atoms with Crippen molar-refractivity contribution in [3.05, 3.63) is 89.6 Å². The van der Waals surface area contributed by atoms with Crippen molar-refractivity contribution in [3.63, 3.8) is 0 Å². The summed E-state index contributed by atoms with van der Waals surface area (Å²) in [6, 6.07) is 22.6. The van der Waals surface area contributed by atoms with E-state index in [1.54, 1.807) is 24.3 Å². The van der Waals surface area contributed by atoms with E-state index in [4.69, 9.17) is 21.7 Å². The predicted octanol–water partition coefficient (Wildman–Crippen LogP) is 5.09. The molecule has 3 fully saturated rings. The largest absolute Gasteiger partial charge is 0.468 e. The smallest absolute Gasteiger partial charge is 0.260 e. The first-order valence-corrected chi connectivity index (χ1v) is 13.8. The third kappa shape index (κ3) is 5.81. The van der Waals surface area contributed by atoms with Gasteiger partial charge in [-0.15, -0.1) is 0 Å². The maximum absolute atomic E-state index is 12.2. The fourth-order valence-electron chi connectivity index (χ4n) is 5.24. The summed E-state index contributed by atoms with van der Waals surface area (Å²) in [7, 11) is 0. The molecule has 6 rings (SSSR count).